The van der Waals surface area contributed by atoms with Crippen LogP contribution in [0.25, 0.3) is 0 Å². The Morgan fingerprint density at radius 3 is 2.94 bits per heavy atom. The van der Waals surface area contributed by atoms with Crippen LogP contribution in [-0.2, 0) is 11.2 Å². The maximum Gasteiger partial charge on any atom is 0.0742 e. The standard InChI is InChI=1S/C13H19BrO2S/c1-9(2)11-8-13(15,5-6-16-11)7-10-3-4-12(14)17-10/h3-4,9,11,15H,5-8H2,1-2H3. The van der Waals surface area contributed by atoms with Crippen LogP contribution in [0.1, 0.15) is 31.6 Å². The summed E-state index contributed by atoms with van der Waals surface area (Å²) >= 11 is 5.17. The van der Waals surface area contributed by atoms with E-state index in [1.807, 2.05) is 6.07 Å². The third kappa shape index (κ3) is 3.53. The highest BCUT2D eigenvalue weighted by atomic mass is 79.9. The van der Waals surface area contributed by atoms with Crippen LogP contribution in [0.3, 0.4) is 0 Å². The van der Waals surface area contributed by atoms with E-state index < -0.39 is 5.60 Å². The van der Waals surface area contributed by atoms with Crippen molar-refractivity contribution in [3.63, 3.8) is 0 Å². The van der Waals surface area contributed by atoms with Gasteiger partial charge in [-0.3, -0.25) is 0 Å². The van der Waals surface area contributed by atoms with E-state index in [0.29, 0.717) is 12.5 Å². The summed E-state index contributed by atoms with van der Waals surface area (Å²) in [5, 5.41) is 10.7. The van der Waals surface area contributed by atoms with E-state index in [2.05, 4.69) is 35.8 Å². The molecule has 0 spiro atoms. The summed E-state index contributed by atoms with van der Waals surface area (Å²) < 4.78 is 6.84. The molecule has 0 amide bonds. The average Bonchev–Trinajstić information content (AvgIpc) is 2.63. The molecule has 0 bridgehead atoms. The third-order valence-corrected chi connectivity index (χ3v) is 4.98. The molecule has 1 aliphatic rings. The minimum Gasteiger partial charge on any atom is -0.389 e. The maximum atomic E-state index is 10.7. The minimum atomic E-state index is -0.586. The lowest BCUT2D eigenvalue weighted by Crippen LogP contribution is -2.44. The van der Waals surface area contributed by atoms with Gasteiger partial charge in [-0.05, 0) is 40.4 Å². The Hall–Kier alpha value is 0.1000. The van der Waals surface area contributed by atoms with Gasteiger partial charge in [-0.1, -0.05) is 13.8 Å². The first kappa shape index (κ1) is 13.5. The second kappa shape index (κ2) is 5.39. The van der Waals surface area contributed by atoms with Gasteiger partial charge in [0.2, 0.25) is 0 Å². The summed E-state index contributed by atoms with van der Waals surface area (Å²) in [4.78, 5) is 1.24. The van der Waals surface area contributed by atoms with Gasteiger partial charge in [-0.25, -0.2) is 0 Å². The van der Waals surface area contributed by atoms with Gasteiger partial charge in [-0.2, -0.15) is 0 Å². The molecular formula is C13H19BrO2S. The van der Waals surface area contributed by atoms with Crippen LogP contribution in [0, 0.1) is 5.92 Å². The molecule has 1 aromatic heterocycles. The Kier molecular flexibility index (Phi) is 4.29. The fraction of sp³-hybridized carbons (Fsp3) is 0.692. The van der Waals surface area contributed by atoms with Crippen LogP contribution in [-0.4, -0.2) is 23.4 Å². The van der Waals surface area contributed by atoms with E-state index in [1.54, 1.807) is 11.3 Å². The van der Waals surface area contributed by atoms with Crippen molar-refractivity contribution in [1.82, 2.24) is 0 Å². The van der Waals surface area contributed by atoms with Gasteiger partial charge in [0.1, 0.15) is 0 Å². The smallest absolute Gasteiger partial charge is 0.0742 e. The fourth-order valence-corrected chi connectivity index (χ4v) is 3.91. The normalized spacial score (nSPS) is 29.8. The molecule has 4 heteroatoms. The lowest BCUT2D eigenvalue weighted by atomic mass is 9.83. The first-order valence-electron chi connectivity index (χ1n) is 6.07. The Labute approximate surface area is 115 Å². The molecule has 0 aromatic carbocycles. The van der Waals surface area contributed by atoms with Crippen LogP contribution in [0.5, 0.6) is 0 Å². The summed E-state index contributed by atoms with van der Waals surface area (Å²) in [6.45, 7) is 4.97. The Balaban J connectivity index is 2.03. The van der Waals surface area contributed by atoms with Crippen molar-refractivity contribution >= 4 is 27.3 Å². The van der Waals surface area contributed by atoms with E-state index in [1.165, 1.54) is 4.88 Å². The SMILES string of the molecule is CC(C)C1CC(O)(Cc2ccc(Br)s2)CCO1. The van der Waals surface area contributed by atoms with Gasteiger partial charge in [-0.15, -0.1) is 11.3 Å². The Bertz CT molecular complexity index is 377. The molecule has 0 saturated carbocycles. The first-order chi connectivity index (χ1) is 7.98. The molecular weight excluding hydrogens is 300 g/mol. The molecule has 0 aliphatic carbocycles. The second-order valence-corrected chi connectivity index (χ2v) is 7.76. The molecule has 2 unspecified atom stereocenters. The van der Waals surface area contributed by atoms with Crippen molar-refractivity contribution in [1.29, 1.82) is 0 Å². The van der Waals surface area contributed by atoms with Gasteiger partial charge in [0.15, 0.2) is 0 Å². The highest BCUT2D eigenvalue weighted by Gasteiger charge is 2.36. The van der Waals surface area contributed by atoms with Crippen LogP contribution < -0.4 is 0 Å². The number of hydrogen-bond donors (Lipinski definition) is 1. The van der Waals surface area contributed by atoms with E-state index in [4.69, 9.17) is 4.74 Å². The lowest BCUT2D eigenvalue weighted by Gasteiger charge is -2.38. The van der Waals surface area contributed by atoms with Crippen LogP contribution in [0.15, 0.2) is 15.9 Å². The molecule has 2 heterocycles. The van der Waals surface area contributed by atoms with Crippen molar-refractivity contribution in [2.45, 2.75) is 44.8 Å². The number of ether oxygens (including phenoxy) is 1. The average molecular weight is 319 g/mol. The number of hydrogen-bond acceptors (Lipinski definition) is 3. The molecule has 1 N–H and O–H groups in total. The van der Waals surface area contributed by atoms with Crippen molar-refractivity contribution < 1.29 is 9.84 Å². The predicted molar refractivity (Wildman–Crippen MR) is 74.5 cm³/mol. The van der Waals surface area contributed by atoms with E-state index in [-0.39, 0.29) is 6.10 Å². The summed E-state index contributed by atoms with van der Waals surface area (Å²) in [5.41, 5.74) is -0.586. The fourth-order valence-electron chi connectivity index (χ4n) is 2.30. The van der Waals surface area contributed by atoms with Crippen LogP contribution in [0.4, 0.5) is 0 Å². The van der Waals surface area contributed by atoms with Crippen molar-refractivity contribution in [3.05, 3.63) is 20.8 Å². The Morgan fingerprint density at radius 1 is 1.59 bits per heavy atom. The first-order valence-corrected chi connectivity index (χ1v) is 7.68. The number of aliphatic hydroxyl groups is 1. The molecule has 2 rings (SSSR count). The summed E-state index contributed by atoms with van der Waals surface area (Å²) in [5.74, 6) is 0.469. The quantitative estimate of drug-likeness (QED) is 0.922. The minimum absolute atomic E-state index is 0.192. The van der Waals surface area contributed by atoms with Crippen LogP contribution >= 0.6 is 27.3 Å². The van der Waals surface area contributed by atoms with Crippen molar-refractivity contribution in [2.75, 3.05) is 6.61 Å². The molecule has 1 aromatic rings. The zero-order valence-electron chi connectivity index (χ0n) is 10.3. The van der Waals surface area contributed by atoms with Crippen molar-refractivity contribution in [3.8, 4) is 0 Å². The molecule has 96 valence electrons. The predicted octanol–water partition coefficient (Wildman–Crippen LogP) is 3.62. The second-order valence-electron chi connectivity index (χ2n) is 5.21. The summed E-state index contributed by atoms with van der Waals surface area (Å²) in [6, 6.07) is 4.13. The third-order valence-electron chi connectivity index (χ3n) is 3.36. The zero-order chi connectivity index (χ0) is 12.5. The molecule has 1 saturated heterocycles. The largest absolute Gasteiger partial charge is 0.389 e. The monoisotopic (exact) mass is 318 g/mol. The van der Waals surface area contributed by atoms with Gasteiger partial charge < -0.3 is 9.84 Å². The van der Waals surface area contributed by atoms with E-state index >= 15 is 0 Å². The highest BCUT2D eigenvalue weighted by molar-refractivity contribution is 9.11. The maximum absolute atomic E-state index is 10.7. The molecule has 2 nitrogen and oxygen atoms in total. The zero-order valence-corrected chi connectivity index (χ0v) is 12.7. The van der Waals surface area contributed by atoms with Crippen molar-refractivity contribution in [2.24, 2.45) is 5.92 Å². The molecule has 1 fully saturated rings. The number of halogens is 1. The van der Waals surface area contributed by atoms with Gasteiger partial charge in [0, 0.05) is 24.3 Å². The lowest BCUT2D eigenvalue weighted by molar-refractivity contribution is -0.116. The van der Waals surface area contributed by atoms with Gasteiger partial charge in [0.25, 0.3) is 0 Å². The molecule has 1 aliphatic heterocycles. The van der Waals surface area contributed by atoms with Gasteiger partial charge in [0.05, 0.1) is 15.5 Å². The highest BCUT2D eigenvalue weighted by Crippen LogP contribution is 2.34. The summed E-state index contributed by atoms with van der Waals surface area (Å²) in [7, 11) is 0. The van der Waals surface area contributed by atoms with E-state index in [0.717, 1.165) is 23.0 Å². The molecule has 17 heavy (non-hydrogen) atoms. The molecule has 2 atom stereocenters. The topological polar surface area (TPSA) is 29.5 Å². The number of thiophene rings is 1. The van der Waals surface area contributed by atoms with Crippen LogP contribution in [0.2, 0.25) is 0 Å². The molecule has 0 radical (unpaired) electrons. The number of rotatable bonds is 3. The van der Waals surface area contributed by atoms with E-state index in [9.17, 15) is 5.11 Å². The summed E-state index contributed by atoms with van der Waals surface area (Å²) in [6.07, 6.45) is 2.43. The van der Waals surface area contributed by atoms with Gasteiger partial charge >= 0.3 is 0 Å². The Morgan fingerprint density at radius 2 is 2.35 bits per heavy atom.